The molecule has 1 aromatic carbocycles. The summed E-state index contributed by atoms with van der Waals surface area (Å²) in [5.74, 6) is 0.777. The molecule has 1 aromatic rings. The molecule has 0 bridgehead atoms. The van der Waals surface area contributed by atoms with Crippen molar-refractivity contribution in [1.82, 2.24) is 0 Å². The van der Waals surface area contributed by atoms with Gasteiger partial charge in [0.2, 0.25) is 0 Å². The summed E-state index contributed by atoms with van der Waals surface area (Å²) in [5, 5.41) is 0. The van der Waals surface area contributed by atoms with Crippen molar-refractivity contribution in [1.29, 1.82) is 0 Å². The first-order valence-corrected chi connectivity index (χ1v) is 8.11. The highest BCUT2D eigenvalue weighted by Gasteiger charge is 2.14. The predicted octanol–water partition coefficient (Wildman–Crippen LogP) is 4.15. The average Bonchev–Trinajstić information content (AvgIpc) is 2.41. The van der Waals surface area contributed by atoms with Gasteiger partial charge in [0.05, 0.1) is 0 Å². The summed E-state index contributed by atoms with van der Waals surface area (Å²) in [6, 6.07) is 7.00. The Morgan fingerprint density at radius 3 is 2.30 bits per heavy atom. The van der Waals surface area contributed by atoms with Crippen LogP contribution in [0.25, 0.3) is 0 Å². The van der Waals surface area contributed by atoms with Crippen LogP contribution in [0.4, 0.5) is 5.69 Å². The molecule has 20 heavy (non-hydrogen) atoms. The molecular formula is C18H32N2. The zero-order valence-electron chi connectivity index (χ0n) is 13.9. The van der Waals surface area contributed by atoms with E-state index >= 15 is 0 Å². The molecule has 0 saturated heterocycles. The molecule has 1 rings (SSSR count). The molecular weight excluding hydrogens is 244 g/mol. The van der Waals surface area contributed by atoms with Crippen LogP contribution in [0.5, 0.6) is 0 Å². The second kappa shape index (κ2) is 8.31. The number of benzene rings is 1. The van der Waals surface area contributed by atoms with Crippen LogP contribution < -0.4 is 10.6 Å². The molecule has 1 unspecified atom stereocenters. The summed E-state index contributed by atoms with van der Waals surface area (Å²) in [6.07, 6.45) is 3.46. The van der Waals surface area contributed by atoms with Gasteiger partial charge in [-0.1, -0.05) is 44.4 Å². The minimum atomic E-state index is 0.211. The molecule has 0 aliphatic carbocycles. The van der Waals surface area contributed by atoms with Crippen LogP contribution in [0, 0.1) is 12.8 Å². The maximum absolute atomic E-state index is 6.02. The number of hydrogen-bond donors (Lipinski definition) is 1. The van der Waals surface area contributed by atoms with Gasteiger partial charge in [0.25, 0.3) is 0 Å². The molecule has 0 saturated carbocycles. The fraction of sp³-hybridized carbons (Fsp3) is 0.667. The van der Waals surface area contributed by atoms with Crippen LogP contribution >= 0.6 is 0 Å². The number of aryl methyl sites for hydroxylation is 1. The number of nitrogens with two attached hydrogens (primary N) is 1. The Labute approximate surface area is 125 Å². The number of nitrogens with zero attached hydrogens (tertiary/aromatic N) is 1. The Hall–Kier alpha value is -1.02. The summed E-state index contributed by atoms with van der Waals surface area (Å²) in [4.78, 5) is 2.52. The van der Waals surface area contributed by atoms with E-state index in [9.17, 15) is 0 Å². The molecule has 0 fully saturated rings. The van der Waals surface area contributed by atoms with Crippen molar-refractivity contribution in [3.63, 3.8) is 0 Å². The number of rotatable bonds is 8. The Balaban J connectivity index is 3.01. The van der Waals surface area contributed by atoms with E-state index in [2.05, 4.69) is 57.7 Å². The van der Waals surface area contributed by atoms with E-state index in [1.54, 1.807) is 0 Å². The second-order valence-electron chi connectivity index (χ2n) is 6.03. The zero-order valence-corrected chi connectivity index (χ0v) is 13.9. The number of anilines is 1. The van der Waals surface area contributed by atoms with Crippen molar-refractivity contribution in [2.45, 2.75) is 59.9 Å². The fourth-order valence-electron chi connectivity index (χ4n) is 2.79. The van der Waals surface area contributed by atoms with Crippen molar-refractivity contribution in [2.75, 3.05) is 18.0 Å². The molecule has 0 aliphatic rings. The smallest absolute Gasteiger partial charge is 0.0399 e. The summed E-state index contributed by atoms with van der Waals surface area (Å²) in [6.45, 7) is 13.3. The number of hydrogen-bond acceptors (Lipinski definition) is 2. The highest BCUT2D eigenvalue weighted by atomic mass is 15.1. The van der Waals surface area contributed by atoms with Gasteiger partial charge in [0, 0.05) is 24.8 Å². The SMILES string of the molecule is CCC(CC)CN(CC)c1ccc(C)cc1CC(C)N. The molecule has 0 aromatic heterocycles. The van der Waals surface area contributed by atoms with E-state index in [-0.39, 0.29) is 6.04 Å². The van der Waals surface area contributed by atoms with Crippen LogP contribution in [-0.4, -0.2) is 19.1 Å². The van der Waals surface area contributed by atoms with Gasteiger partial charge in [0.1, 0.15) is 0 Å². The lowest BCUT2D eigenvalue weighted by Gasteiger charge is -2.30. The van der Waals surface area contributed by atoms with Crippen LogP contribution in [0.1, 0.15) is 51.7 Å². The van der Waals surface area contributed by atoms with E-state index < -0.39 is 0 Å². The largest absolute Gasteiger partial charge is 0.371 e. The summed E-state index contributed by atoms with van der Waals surface area (Å²) in [5.41, 5.74) is 10.1. The lowest BCUT2D eigenvalue weighted by atomic mass is 9.99. The van der Waals surface area contributed by atoms with E-state index in [4.69, 9.17) is 5.73 Å². The van der Waals surface area contributed by atoms with Crippen molar-refractivity contribution in [3.8, 4) is 0 Å². The monoisotopic (exact) mass is 276 g/mol. The first-order chi connectivity index (χ1) is 9.51. The molecule has 0 spiro atoms. The minimum absolute atomic E-state index is 0.211. The third-order valence-electron chi connectivity index (χ3n) is 4.13. The van der Waals surface area contributed by atoms with Gasteiger partial charge in [-0.2, -0.15) is 0 Å². The van der Waals surface area contributed by atoms with Gasteiger partial charge in [0.15, 0.2) is 0 Å². The van der Waals surface area contributed by atoms with E-state index in [1.165, 1.54) is 29.7 Å². The van der Waals surface area contributed by atoms with Gasteiger partial charge in [-0.05, 0) is 44.7 Å². The Morgan fingerprint density at radius 2 is 1.80 bits per heavy atom. The lowest BCUT2D eigenvalue weighted by Crippen LogP contribution is -2.30. The highest BCUT2D eigenvalue weighted by molar-refractivity contribution is 5.55. The predicted molar refractivity (Wildman–Crippen MR) is 90.5 cm³/mol. The van der Waals surface area contributed by atoms with Gasteiger partial charge in [-0.15, -0.1) is 0 Å². The second-order valence-corrected chi connectivity index (χ2v) is 6.03. The van der Waals surface area contributed by atoms with Crippen molar-refractivity contribution < 1.29 is 0 Å². The fourth-order valence-corrected chi connectivity index (χ4v) is 2.79. The van der Waals surface area contributed by atoms with E-state index in [1.807, 2.05) is 0 Å². The van der Waals surface area contributed by atoms with Crippen molar-refractivity contribution >= 4 is 5.69 Å². The highest BCUT2D eigenvalue weighted by Crippen LogP contribution is 2.25. The maximum Gasteiger partial charge on any atom is 0.0399 e. The summed E-state index contributed by atoms with van der Waals surface area (Å²) >= 11 is 0. The van der Waals surface area contributed by atoms with Gasteiger partial charge < -0.3 is 10.6 Å². The van der Waals surface area contributed by atoms with E-state index in [0.29, 0.717) is 0 Å². The molecule has 2 nitrogen and oxygen atoms in total. The lowest BCUT2D eigenvalue weighted by molar-refractivity contribution is 0.485. The standard InChI is InChI=1S/C18H32N2/c1-6-16(7-2)13-20(8-3)18-10-9-14(4)11-17(18)12-15(5)19/h9-11,15-16H,6-8,12-13,19H2,1-5H3. The summed E-state index contributed by atoms with van der Waals surface area (Å²) < 4.78 is 0. The Kier molecular flexibility index (Phi) is 7.08. The van der Waals surface area contributed by atoms with Crippen molar-refractivity contribution in [2.24, 2.45) is 11.7 Å². The van der Waals surface area contributed by atoms with Gasteiger partial charge >= 0.3 is 0 Å². The molecule has 0 heterocycles. The van der Waals surface area contributed by atoms with Crippen LogP contribution in [0.3, 0.4) is 0 Å². The van der Waals surface area contributed by atoms with Crippen LogP contribution in [0.2, 0.25) is 0 Å². The maximum atomic E-state index is 6.02. The first-order valence-electron chi connectivity index (χ1n) is 8.11. The molecule has 2 heteroatoms. The average molecular weight is 276 g/mol. The van der Waals surface area contributed by atoms with Crippen molar-refractivity contribution in [3.05, 3.63) is 29.3 Å². The molecule has 0 radical (unpaired) electrons. The topological polar surface area (TPSA) is 29.3 Å². The molecule has 2 N–H and O–H groups in total. The van der Waals surface area contributed by atoms with Gasteiger partial charge in [-0.3, -0.25) is 0 Å². The zero-order chi connectivity index (χ0) is 15.1. The molecule has 0 amide bonds. The molecule has 1 atom stereocenters. The third-order valence-corrected chi connectivity index (χ3v) is 4.13. The van der Waals surface area contributed by atoms with Gasteiger partial charge in [-0.25, -0.2) is 0 Å². The van der Waals surface area contributed by atoms with Crippen LogP contribution in [-0.2, 0) is 6.42 Å². The Morgan fingerprint density at radius 1 is 1.15 bits per heavy atom. The molecule has 0 aliphatic heterocycles. The quantitative estimate of drug-likeness (QED) is 0.773. The Bertz CT molecular complexity index is 394. The summed E-state index contributed by atoms with van der Waals surface area (Å²) in [7, 11) is 0. The first kappa shape index (κ1) is 17.0. The van der Waals surface area contributed by atoms with Crippen LogP contribution in [0.15, 0.2) is 18.2 Å². The normalized spacial score (nSPS) is 12.8. The molecule has 114 valence electrons. The third kappa shape index (κ3) is 4.82. The van der Waals surface area contributed by atoms with E-state index in [0.717, 1.165) is 25.4 Å². The minimum Gasteiger partial charge on any atom is -0.371 e.